The van der Waals surface area contributed by atoms with Crippen molar-refractivity contribution in [3.05, 3.63) is 41.5 Å². The Morgan fingerprint density at radius 1 is 1.27 bits per heavy atom. The number of rotatable bonds is 3. The molecule has 1 saturated heterocycles. The first-order chi connectivity index (χ1) is 10.3. The Kier molecular flexibility index (Phi) is 4.30. The molecule has 1 aromatic rings. The number of carbonyl (C=O) groups is 3. The van der Waals surface area contributed by atoms with Crippen LogP contribution in [0, 0.1) is 0 Å². The van der Waals surface area contributed by atoms with E-state index in [-0.39, 0.29) is 17.4 Å². The molecule has 0 saturated carbocycles. The molecule has 0 atom stereocenters. The van der Waals surface area contributed by atoms with Crippen LogP contribution >= 0.6 is 0 Å². The summed E-state index contributed by atoms with van der Waals surface area (Å²) in [6.45, 7) is 4.30. The lowest BCUT2D eigenvalue weighted by atomic mass is 9.98. The minimum atomic E-state index is -0.993. The fraction of sp³-hybridized carbons (Fsp3) is 0.312. The number of hydrogen-bond donors (Lipinski definition) is 2. The zero-order valence-corrected chi connectivity index (χ0v) is 12.5. The van der Waals surface area contributed by atoms with Crippen molar-refractivity contribution < 1.29 is 19.5 Å². The smallest absolute Gasteiger partial charge is 0.335 e. The number of hydrogen-bond acceptors (Lipinski definition) is 3. The lowest BCUT2D eigenvalue weighted by Gasteiger charge is -2.40. The van der Waals surface area contributed by atoms with E-state index >= 15 is 0 Å². The van der Waals surface area contributed by atoms with E-state index in [2.05, 4.69) is 5.32 Å². The summed E-state index contributed by atoms with van der Waals surface area (Å²) in [7, 11) is 0. The van der Waals surface area contributed by atoms with Gasteiger partial charge in [-0.3, -0.25) is 9.59 Å². The van der Waals surface area contributed by atoms with Gasteiger partial charge in [0, 0.05) is 19.2 Å². The van der Waals surface area contributed by atoms with Gasteiger partial charge in [-0.05, 0) is 37.6 Å². The van der Waals surface area contributed by atoms with Gasteiger partial charge >= 0.3 is 5.97 Å². The quantitative estimate of drug-likeness (QED) is 0.820. The molecule has 1 aromatic carbocycles. The molecule has 2 rings (SSSR count). The van der Waals surface area contributed by atoms with Crippen LogP contribution in [0.3, 0.4) is 0 Å². The van der Waals surface area contributed by atoms with Crippen molar-refractivity contribution in [3.8, 4) is 0 Å². The first-order valence-corrected chi connectivity index (χ1v) is 6.94. The minimum Gasteiger partial charge on any atom is -0.478 e. The second-order valence-electron chi connectivity index (χ2n) is 5.57. The molecule has 0 bridgehead atoms. The highest BCUT2D eigenvalue weighted by molar-refractivity contribution is 5.98. The fourth-order valence-electron chi connectivity index (χ4n) is 2.28. The summed E-state index contributed by atoms with van der Waals surface area (Å²) in [5, 5.41) is 11.6. The molecule has 0 spiro atoms. The molecule has 0 unspecified atom stereocenters. The summed E-state index contributed by atoms with van der Waals surface area (Å²) in [6, 6.07) is 6.21. The van der Waals surface area contributed by atoms with Crippen molar-refractivity contribution in [1.82, 2.24) is 10.2 Å². The van der Waals surface area contributed by atoms with Gasteiger partial charge in [0.1, 0.15) is 5.54 Å². The van der Waals surface area contributed by atoms with Crippen molar-refractivity contribution in [2.75, 3.05) is 13.1 Å². The van der Waals surface area contributed by atoms with E-state index in [1.165, 1.54) is 23.1 Å². The van der Waals surface area contributed by atoms with E-state index in [0.717, 1.165) is 5.56 Å². The average Bonchev–Trinajstić information content (AvgIpc) is 2.48. The summed E-state index contributed by atoms with van der Waals surface area (Å²) in [4.78, 5) is 36.4. The van der Waals surface area contributed by atoms with Crippen LogP contribution < -0.4 is 5.32 Å². The van der Waals surface area contributed by atoms with Crippen LogP contribution in [0.4, 0.5) is 0 Å². The van der Waals surface area contributed by atoms with Crippen molar-refractivity contribution in [2.24, 2.45) is 0 Å². The number of aromatic carboxylic acids is 1. The molecular weight excluding hydrogens is 284 g/mol. The van der Waals surface area contributed by atoms with Crippen LogP contribution in [0.25, 0.3) is 6.08 Å². The summed E-state index contributed by atoms with van der Waals surface area (Å²) >= 11 is 0. The molecule has 6 nitrogen and oxygen atoms in total. The maximum absolute atomic E-state index is 12.3. The molecule has 1 heterocycles. The summed E-state index contributed by atoms with van der Waals surface area (Å²) in [5.41, 5.74) is 0.0299. The van der Waals surface area contributed by atoms with Gasteiger partial charge in [-0.15, -0.1) is 0 Å². The predicted octanol–water partition coefficient (Wildman–Crippen LogP) is 1.13. The third-order valence-electron chi connectivity index (χ3n) is 3.69. The molecule has 2 amide bonds. The Morgan fingerprint density at radius 3 is 2.50 bits per heavy atom. The van der Waals surface area contributed by atoms with Crippen molar-refractivity contribution in [3.63, 3.8) is 0 Å². The van der Waals surface area contributed by atoms with E-state index in [9.17, 15) is 14.4 Å². The number of carboxylic acids is 1. The van der Waals surface area contributed by atoms with E-state index < -0.39 is 11.5 Å². The molecule has 0 aliphatic carbocycles. The molecule has 6 heteroatoms. The van der Waals surface area contributed by atoms with Gasteiger partial charge < -0.3 is 15.3 Å². The molecule has 0 radical (unpaired) electrons. The number of amides is 2. The van der Waals surface area contributed by atoms with Gasteiger partial charge in [0.05, 0.1) is 5.56 Å². The first-order valence-electron chi connectivity index (χ1n) is 6.94. The summed E-state index contributed by atoms with van der Waals surface area (Å²) in [6.07, 6.45) is 3.01. The monoisotopic (exact) mass is 302 g/mol. The molecular formula is C16H18N2O4. The zero-order valence-electron chi connectivity index (χ0n) is 12.5. The molecule has 1 aliphatic heterocycles. The van der Waals surface area contributed by atoms with Crippen LogP contribution in [0.5, 0.6) is 0 Å². The normalized spacial score (nSPS) is 17.4. The van der Waals surface area contributed by atoms with Crippen LogP contribution in [0.1, 0.15) is 29.8 Å². The van der Waals surface area contributed by atoms with Crippen LogP contribution in [0.15, 0.2) is 30.3 Å². The second-order valence-corrected chi connectivity index (χ2v) is 5.57. The van der Waals surface area contributed by atoms with Gasteiger partial charge in [0.25, 0.3) is 0 Å². The Labute approximate surface area is 128 Å². The zero-order chi connectivity index (χ0) is 16.3. The lowest BCUT2D eigenvalue weighted by Crippen LogP contribution is -2.63. The Bertz CT molecular complexity index is 632. The van der Waals surface area contributed by atoms with Crippen LogP contribution in [-0.4, -0.2) is 46.4 Å². The molecule has 1 fully saturated rings. The first kappa shape index (κ1) is 15.8. The number of nitrogens with one attached hydrogen (secondary N) is 1. The molecule has 1 aliphatic rings. The number of carboxylic acid groups (broad SMARTS) is 1. The predicted molar refractivity (Wildman–Crippen MR) is 81.2 cm³/mol. The highest BCUT2D eigenvalue weighted by atomic mass is 16.4. The highest BCUT2D eigenvalue weighted by Gasteiger charge is 2.39. The van der Waals surface area contributed by atoms with Gasteiger partial charge in [-0.1, -0.05) is 12.1 Å². The van der Waals surface area contributed by atoms with Crippen molar-refractivity contribution >= 4 is 23.9 Å². The SMILES string of the molecule is CC1(C)C(=O)NCCN1C(=O)C=Cc1ccc(C(=O)O)cc1. The van der Waals surface area contributed by atoms with E-state index in [0.29, 0.717) is 13.1 Å². The van der Waals surface area contributed by atoms with Gasteiger partial charge in [-0.25, -0.2) is 4.79 Å². The Hall–Kier alpha value is -2.63. The van der Waals surface area contributed by atoms with Crippen molar-refractivity contribution in [2.45, 2.75) is 19.4 Å². The second kappa shape index (κ2) is 6.01. The maximum atomic E-state index is 12.3. The molecule has 2 N–H and O–H groups in total. The lowest BCUT2D eigenvalue weighted by molar-refractivity contribution is -0.146. The largest absolute Gasteiger partial charge is 0.478 e. The maximum Gasteiger partial charge on any atom is 0.335 e. The minimum absolute atomic E-state index is 0.175. The summed E-state index contributed by atoms with van der Waals surface area (Å²) in [5.74, 6) is -1.42. The van der Waals surface area contributed by atoms with E-state index in [1.54, 1.807) is 32.1 Å². The summed E-state index contributed by atoms with van der Waals surface area (Å²) < 4.78 is 0. The van der Waals surface area contributed by atoms with Gasteiger partial charge in [-0.2, -0.15) is 0 Å². The molecule has 116 valence electrons. The highest BCUT2D eigenvalue weighted by Crippen LogP contribution is 2.18. The van der Waals surface area contributed by atoms with Crippen LogP contribution in [0.2, 0.25) is 0 Å². The average molecular weight is 302 g/mol. The van der Waals surface area contributed by atoms with Crippen molar-refractivity contribution in [1.29, 1.82) is 0 Å². The number of nitrogens with zero attached hydrogens (tertiary/aromatic N) is 1. The Morgan fingerprint density at radius 2 is 1.91 bits per heavy atom. The number of benzene rings is 1. The van der Waals surface area contributed by atoms with Gasteiger partial charge in [0.15, 0.2) is 0 Å². The molecule has 22 heavy (non-hydrogen) atoms. The number of carbonyl (C=O) groups excluding carboxylic acids is 2. The third-order valence-corrected chi connectivity index (χ3v) is 3.69. The van der Waals surface area contributed by atoms with Crippen LogP contribution in [-0.2, 0) is 9.59 Å². The standard InChI is InChI=1S/C16H18N2O4/c1-16(2)15(22)17-9-10-18(16)13(19)8-5-11-3-6-12(7-4-11)14(20)21/h3-8H,9-10H2,1-2H3,(H,17,22)(H,20,21). The van der Waals surface area contributed by atoms with E-state index in [1.807, 2.05) is 0 Å². The Balaban J connectivity index is 2.10. The number of piperazine rings is 1. The topological polar surface area (TPSA) is 86.7 Å². The van der Waals surface area contributed by atoms with Gasteiger partial charge in [0.2, 0.25) is 11.8 Å². The molecule has 0 aromatic heterocycles. The third kappa shape index (κ3) is 3.16. The fourth-order valence-corrected chi connectivity index (χ4v) is 2.28. The van der Waals surface area contributed by atoms with E-state index in [4.69, 9.17) is 5.11 Å².